The maximum absolute atomic E-state index is 9.73. The van der Waals surface area contributed by atoms with Crippen LogP contribution in [0.2, 0.25) is 0 Å². The third-order valence-electron chi connectivity index (χ3n) is 2.67. The zero-order valence-electron chi connectivity index (χ0n) is 6.66. The van der Waals surface area contributed by atoms with Crippen molar-refractivity contribution in [2.24, 2.45) is 5.92 Å². The van der Waals surface area contributed by atoms with Gasteiger partial charge in [0.05, 0.1) is 12.2 Å². The van der Waals surface area contributed by atoms with Crippen LogP contribution < -0.4 is 0 Å². The van der Waals surface area contributed by atoms with Gasteiger partial charge in [-0.1, -0.05) is 12.8 Å². The normalized spacial score (nSPS) is 39.0. The SMILES string of the molecule is OCC1CCCCC1(O)CO. The van der Waals surface area contributed by atoms with Crippen LogP contribution in [0.25, 0.3) is 0 Å². The zero-order valence-corrected chi connectivity index (χ0v) is 6.66. The van der Waals surface area contributed by atoms with Crippen molar-refractivity contribution in [2.75, 3.05) is 13.2 Å². The van der Waals surface area contributed by atoms with Crippen LogP contribution in [0.4, 0.5) is 0 Å². The highest BCUT2D eigenvalue weighted by Gasteiger charge is 2.37. The molecule has 66 valence electrons. The minimum atomic E-state index is -1.01. The molecule has 0 aromatic rings. The molecule has 1 aliphatic rings. The maximum atomic E-state index is 9.73. The average Bonchev–Trinajstić information content (AvgIpc) is 2.05. The lowest BCUT2D eigenvalue weighted by Crippen LogP contribution is -2.45. The Morgan fingerprint density at radius 2 is 2.00 bits per heavy atom. The van der Waals surface area contributed by atoms with E-state index in [0.717, 1.165) is 19.3 Å². The molecule has 0 bridgehead atoms. The highest BCUT2D eigenvalue weighted by atomic mass is 16.3. The van der Waals surface area contributed by atoms with Crippen LogP contribution in [-0.2, 0) is 0 Å². The lowest BCUT2D eigenvalue weighted by molar-refractivity contribution is -0.0992. The van der Waals surface area contributed by atoms with E-state index in [4.69, 9.17) is 10.2 Å². The molecule has 0 heterocycles. The van der Waals surface area contributed by atoms with Crippen LogP contribution >= 0.6 is 0 Å². The molecule has 2 atom stereocenters. The Kier molecular flexibility index (Phi) is 2.87. The van der Waals surface area contributed by atoms with Gasteiger partial charge >= 0.3 is 0 Å². The smallest absolute Gasteiger partial charge is 0.0927 e. The molecule has 0 spiro atoms. The third kappa shape index (κ3) is 1.72. The van der Waals surface area contributed by atoms with E-state index in [0.29, 0.717) is 6.42 Å². The van der Waals surface area contributed by atoms with Crippen molar-refractivity contribution in [3.8, 4) is 0 Å². The molecule has 2 unspecified atom stereocenters. The molecule has 0 amide bonds. The molecule has 1 fully saturated rings. The largest absolute Gasteiger partial charge is 0.396 e. The van der Waals surface area contributed by atoms with Gasteiger partial charge < -0.3 is 15.3 Å². The Morgan fingerprint density at radius 1 is 1.27 bits per heavy atom. The highest BCUT2D eigenvalue weighted by Crippen LogP contribution is 2.32. The topological polar surface area (TPSA) is 60.7 Å². The number of hydrogen-bond donors (Lipinski definition) is 3. The maximum Gasteiger partial charge on any atom is 0.0927 e. The number of aliphatic hydroxyl groups excluding tert-OH is 2. The Balaban J connectivity index is 2.57. The fourth-order valence-corrected chi connectivity index (χ4v) is 1.76. The van der Waals surface area contributed by atoms with Crippen molar-refractivity contribution in [3.63, 3.8) is 0 Å². The summed E-state index contributed by atoms with van der Waals surface area (Å²) in [6.45, 7) is -0.241. The van der Waals surface area contributed by atoms with Crippen LogP contribution in [0.1, 0.15) is 25.7 Å². The summed E-state index contributed by atoms with van der Waals surface area (Å²) in [4.78, 5) is 0. The van der Waals surface area contributed by atoms with E-state index >= 15 is 0 Å². The third-order valence-corrected chi connectivity index (χ3v) is 2.67. The monoisotopic (exact) mass is 160 g/mol. The first-order chi connectivity index (χ1) is 5.23. The van der Waals surface area contributed by atoms with Gasteiger partial charge in [0.1, 0.15) is 0 Å². The van der Waals surface area contributed by atoms with Gasteiger partial charge in [0.25, 0.3) is 0 Å². The molecule has 1 saturated carbocycles. The van der Waals surface area contributed by atoms with Crippen molar-refractivity contribution in [1.29, 1.82) is 0 Å². The second-order valence-electron chi connectivity index (χ2n) is 3.39. The van der Waals surface area contributed by atoms with Crippen molar-refractivity contribution in [1.82, 2.24) is 0 Å². The number of hydrogen-bond acceptors (Lipinski definition) is 3. The van der Waals surface area contributed by atoms with Crippen molar-refractivity contribution < 1.29 is 15.3 Å². The summed E-state index contributed by atoms with van der Waals surface area (Å²) in [5, 5.41) is 27.5. The molecular weight excluding hydrogens is 144 g/mol. The first kappa shape index (κ1) is 8.97. The quantitative estimate of drug-likeness (QED) is 0.528. The summed E-state index contributed by atoms with van der Waals surface area (Å²) in [5.41, 5.74) is -1.01. The van der Waals surface area contributed by atoms with E-state index in [1.165, 1.54) is 0 Å². The molecule has 1 aliphatic carbocycles. The summed E-state index contributed by atoms with van der Waals surface area (Å²) in [5.74, 6) is -0.124. The predicted molar refractivity (Wildman–Crippen MR) is 41.1 cm³/mol. The molecule has 11 heavy (non-hydrogen) atoms. The van der Waals surface area contributed by atoms with Crippen LogP contribution in [0.5, 0.6) is 0 Å². The second-order valence-corrected chi connectivity index (χ2v) is 3.39. The predicted octanol–water partition coefficient (Wildman–Crippen LogP) is -0.108. The van der Waals surface area contributed by atoms with Crippen molar-refractivity contribution in [2.45, 2.75) is 31.3 Å². The molecule has 0 aromatic carbocycles. The lowest BCUT2D eigenvalue weighted by Gasteiger charge is -2.37. The van der Waals surface area contributed by atoms with Gasteiger partial charge in [0.15, 0.2) is 0 Å². The first-order valence-electron chi connectivity index (χ1n) is 4.17. The van der Waals surface area contributed by atoms with E-state index in [1.807, 2.05) is 0 Å². The summed E-state index contributed by atoms with van der Waals surface area (Å²) in [7, 11) is 0. The lowest BCUT2D eigenvalue weighted by atomic mass is 9.76. The Hall–Kier alpha value is -0.120. The van der Waals surface area contributed by atoms with Gasteiger partial charge in [0, 0.05) is 12.5 Å². The van der Waals surface area contributed by atoms with Gasteiger partial charge in [-0.2, -0.15) is 0 Å². The average molecular weight is 160 g/mol. The van der Waals surface area contributed by atoms with E-state index in [2.05, 4.69) is 0 Å². The molecule has 3 nitrogen and oxygen atoms in total. The van der Waals surface area contributed by atoms with Crippen LogP contribution in [0.15, 0.2) is 0 Å². The fraction of sp³-hybridized carbons (Fsp3) is 1.00. The van der Waals surface area contributed by atoms with Crippen LogP contribution in [0, 0.1) is 5.92 Å². The Morgan fingerprint density at radius 3 is 2.45 bits per heavy atom. The number of aliphatic hydroxyl groups is 3. The summed E-state index contributed by atoms with van der Waals surface area (Å²) < 4.78 is 0. The molecule has 0 radical (unpaired) electrons. The molecule has 3 N–H and O–H groups in total. The minimum Gasteiger partial charge on any atom is -0.396 e. The van der Waals surface area contributed by atoms with E-state index in [-0.39, 0.29) is 19.1 Å². The van der Waals surface area contributed by atoms with E-state index < -0.39 is 5.60 Å². The second kappa shape index (κ2) is 3.52. The molecule has 1 rings (SSSR count). The van der Waals surface area contributed by atoms with Gasteiger partial charge in [-0.05, 0) is 12.8 Å². The van der Waals surface area contributed by atoms with Crippen LogP contribution in [-0.4, -0.2) is 34.1 Å². The Bertz CT molecular complexity index is 127. The fourth-order valence-electron chi connectivity index (χ4n) is 1.76. The first-order valence-corrected chi connectivity index (χ1v) is 4.17. The van der Waals surface area contributed by atoms with Crippen molar-refractivity contribution in [3.05, 3.63) is 0 Å². The van der Waals surface area contributed by atoms with Gasteiger partial charge in [-0.3, -0.25) is 0 Å². The summed E-state index contributed by atoms with van der Waals surface area (Å²) in [6, 6.07) is 0. The van der Waals surface area contributed by atoms with Crippen LogP contribution in [0.3, 0.4) is 0 Å². The molecular formula is C8H16O3. The standard InChI is InChI=1S/C8H16O3/c9-5-7-3-1-2-4-8(7,11)6-10/h7,9-11H,1-6H2. The van der Waals surface area contributed by atoms with Gasteiger partial charge in [-0.15, -0.1) is 0 Å². The molecule has 0 saturated heterocycles. The number of rotatable bonds is 2. The zero-order chi connectivity index (χ0) is 8.32. The summed E-state index contributed by atoms with van der Waals surface area (Å²) >= 11 is 0. The summed E-state index contributed by atoms with van der Waals surface area (Å²) in [6.07, 6.45) is 3.45. The van der Waals surface area contributed by atoms with E-state index in [9.17, 15) is 5.11 Å². The van der Waals surface area contributed by atoms with Gasteiger partial charge in [-0.25, -0.2) is 0 Å². The minimum absolute atomic E-state index is 0.0168. The van der Waals surface area contributed by atoms with Crippen molar-refractivity contribution >= 4 is 0 Å². The molecule has 0 aromatic heterocycles. The molecule has 3 heteroatoms. The van der Waals surface area contributed by atoms with E-state index in [1.54, 1.807) is 0 Å². The Labute approximate surface area is 66.7 Å². The highest BCUT2D eigenvalue weighted by molar-refractivity contribution is 4.88. The van der Waals surface area contributed by atoms with Gasteiger partial charge in [0.2, 0.25) is 0 Å². The molecule has 0 aliphatic heterocycles.